The van der Waals surface area contributed by atoms with Gasteiger partial charge in [-0.3, -0.25) is 9.69 Å². The van der Waals surface area contributed by atoms with Gasteiger partial charge in [0.05, 0.1) is 6.61 Å². The van der Waals surface area contributed by atoms with Gasteiger partial charge < -0.3 is 10.4 Å². The second-order valence-corrected chi connectivity index (χ2v) is 3.03. The van der Waals surface area contributed by atoms with Crippen molar-refractivity contribution in [1.29, 1.82) is 0 Å². The number of aliphatic hydroxyl groups excluding tert-OH is 1. The third-order valence-electron chi connectivity index (χ3n) is 2.13. The third-order valence-corrected chi connectivity index (χ3v) is 2.13. The minimum absolute atomic E-state index is 0.0443. The average molecular weight is 172 g/mol. The molecule has 1 heterocycles. The maximum absolute atomic E-state index is 11.2. The minimum Gasteiger partial charge on any atom is -0.394 e. The van der Waals surface area contributed by atoms with E-state index in [1.807, 2.05) is 4.90 Å². The first-order chi connectivity index (χ1) is 5.79. The summed E-state index contributed by atoms with van der Waals surface area (Å²) in [6, 6.07) is -0.321. The van der Waals surface area contributed by atoms with Gasteiger partial charge in [0.15, 0.2) is 0 Å². The number of nitrogens with zero attached hydrogens (tertiary/aromatic N) is 1. The summed E-state index contributed by atoms with van der Waals surface area (Å²) >= 11 is 0. The van der Waals surface area contributed by atoms with Crippen LogP contribution in [0.3, 0.4) is 0 Å². The van der Waals surface area contributed by atoms with Crippen LogP contribution < -0.4 is 5.32 Å². The van der Waals surface area contributed by atoms with E-state index < -0.39 is 0 Å². The van der Waals surface area contributed by atoms with E-state index in [-0.39, 0.29) is 18.6 Å². The number of aliphatic hydroxyl groups is 1. The lowest BCUT2D eigenvalue weighted by molar-refractivity contribution is -0.130. The van der Waals surface area contributed by atoms with Crippen molar-refractivity contribution in [3.63, 3.8) is 0 Å². The van der Waals surface area contributed by atoms with Crippen molar-refractivity contribution in [3.05, 3.63) is 0 Å². The quantitative estimate of drug-likeness (QED) is 0.585. The Labute approximate surface area is 72.6 Å². The van der Waals surface area contributed by atoms with Gasteiger partial charge in [-0.1, -0.05) is 6.92 Å². The van der Waals surface area contributed by atoms with Crippen molar-refractivity contribution in [2.75, 3.05) is 26.2 Å². The topological polar surface area (TPSA) is 52.6 Å². The molecule has 4 nitrogen and oxygen atoms in total. The zero-order valence-corrected chi connectivity index (χ0v) is 7.42. The van der Waals surface area contributed by atoms with Crippen LogP contribution in [0.1, 0.15) is 13.3 Å². The molecule has 0 bridgehead atoms. The van der Waals surface area contributed by atoms with Crippen LogP contribution in [0.2, 0.25) is 0 Å². The average Bonchev–Trinajstić information content (AvgIpc) is 2.05. The molecule has 0 aromatic carbocycles. The zero-order valence-electron chi connectivity index (χ0n) is 7.42. The largest absolute Gasteiger partial charge is 0.394 e. The minimum atomic E-state index is -0.321. The maximum Gasteiger partial charge on any atom is 0.239 e. The number of carbonyl (C=O) groups excluding carboxylic acids is 1. The second kappa shape index (κ2) is 4.42. The highest BCUT2D eigenvalue weighted by molar-refractivity contribution is 5.82. The zero-order chi connectivity index (χ0) is 8.97. The standard InChI is InChI=1S/C8H16N2O2/c1-2-4-10-5-3-9-8(12)7(10)6-11/h7,11H,2-6H2,1H3,(H,9,12). The van der Waals surface area contributed by atoms with Crippen molar-refractivity contribution >= 4 is 5.91 Å². The van der Waals surface area contributed by atoms with E-state index in [9.17, 15) is 4.79 Å². The van der Waals surface area contributed by atoms with Gasteiger partial charge in [0.1, 0.15) is 6.04 Å². The van der Waals surface area contributed by atoms with Crippen LogP contribution in [-0.4, -0.2) is 48.2 Å². The lowest BCUT2D eigenvalue weighted by Gasteiger charge is -2.33. The Balaban J connectivity index is 2.51. The fraction of sp³-hybridized carbons (Fsp3) is 0.875. The Morgan fingerprint density at radius 3 is 3.08 bits per heavy atom. The van der Waals surface area contributed by atoms with Crippen molar-refractivity contribution in [1.82, 2.24) is 10.2 Å². The van der Waals surface area contributed by atoms with E-state index in [1.165, 1.54) is 0 Å². The number of carbonyl (C=O) groups is 1. The molecule has 1 aliphatic rings. The molecule has 2 N–H and O–H groups in total. The summed E-state index contributed by atoms with van der Waals surface area (Å²) in [5.41, 5.74) is 0. The molecule has 0 spiro atoms. The fourth-order valence-corrected chi connectivity index (χ4v) is 1.52. The van der Waals surface area contributed by atoms with Crippen LogP contribution in [-0.2, 0) is 4.79 Å². The summed E-state index contributed by atoms with van der Waals surface area (Å²) in [5.74, 6) is -0.0443. The first-order valence-electron chi connectivity index (χ1n) is 4.42. The van der Waals surface area contributed by atoms with E-state index in [0.717, 1.165) is 19.5 Å². The summed E-state index contributed by atoms with van der Waals surface area (Å²) in [5, 5.41) is 11.7. The first kappa shape index (κ1) is 9.48. The SMILES string of the molecule is CCCN1CCNC(=O)C1CO. The molecular weight excluding hydrogens is 156 g/mol. The molecule has 1 atom stereocenters. The third kappa shape index (κ3) is 1.95. The molecule has 0 aromatic rings. The monoisotopic (exact) mass is 172 g/mol. The summed E-state index contributed by atoms with van der Waals surface area (Å²) in [4.78, 5) is 13.2. The number of rotatable bonds is 3. The molecule has 1 amide bonds. The molecule has 1 aliphatic heterocycles. The van der Waals surface area contributed by atoms with Crippen LogP contribution in [0.15, 0.2) is 0 Å². The van der Waals surface area contributed by atoms with E-state index in [2.05, 4.69) is 12.2 Å². The van der Waals surface area contributed by atoms with E-state index in [1.54, 1.807) is 0 Å². The smallest absolute Gasteiger partial charge is 0.239 e. The number of hydrogen-bond acceptors (Lipinski definition) is 3. The van der Waals surface area contributed by atoms with Gasteiger partial charge in [0.25, 0.3) is 0 Å². The molecule has 70 valence electrons. The highest BCUT2D eigenvalue weighted by Gasteiger charge is 2.27. The Bertz CT molecular complexity index is 159. The molecule has 4 heteroatoms. The molecule has 1 unspecified atom stereocenters. The molecule has 1 rings (SSSR count). The van der Waals surface area contributed by atoms with Gasteiger partial charge in [0.2, 0.25) is 5.91 Å². The summed E-state index contributed by atoms with van der Waals surface area (Å²) in [7, 11) is 0. The van der Waals surface area contributed by atoms with Crippen LogP contribution in [0.4, 0.5) is 0 Å². The van der Waals surface area contributed by atoms with Gasteiger partial charge >= 0.3 is 0 Å². The number of hydrogen-bond donors (Lipinski definition) is 2. The van der Waals surface area contributed by atoms with Crippen LogP contribution >= 0.6 is 0 Å². The second-order valence-electron chi connectivity index (χ2n) is 3.03. The molecule has 0 radical (unpaired) electrons. The lowest BCUT2D eigenvalue weighted by atomic mass is 10.2. The maximum atomic E-state index is 11.2. The highest BCUT2D eigenvalue weighted by atomic mass is 16.3. The normalized spacial score (nSPS) is 25.5. The van der Waals surface area contributed by atoms with E-state index in [4.69, 9.17) is 5.11 Å². The van der Waals surface area contributed by atoms with Gasteiger partial charge in [0, 0.05) is 13.1 Å². The Morgan fingerprint density at radius 2 is 2.50 bits per heavy atom. The van der Waals surface area contributed by atoms with Crippen molar-refractivity contribution < 1.29 is 9.90 Å². The molecule has 0 aliphatic carbocycles. The van der Waals surface area contributed by atoms with Gasteiger partial charge in [-0.05, 0) is 13.0 Å². The van der Waals surface area contributed by atoms with Crippen molar-refractivity contribution in [2.24, 2.45) is 0 Å². The Morgan fingerprint density at radius 1 is 1.75 bits per heavy atom. The molecule has 0 aromatic heterocycles. The summed E-state index contributed by atoms with van der Waals surface area (Å²) in [6.07, 6.45) is 1.02. The van der Waals surface area contributed by atoms with E-state index in [0.29, 0.717) is 6.54 Å². The van der Waals surface area contributed by atoms with Crippen LogP contribution in [0, 0.1) is 0 Å². The van der Waals surface area contributed by atoms with Crippen LogP contribution in [0.5, 0.6) is 0 Å². The highest BCUT2D eigenvalue weighted by Crippen LogP contribution is 2.04. The number of nitrogens with one attached hydrogen (secondary N) is 1. The molecule has 12 heavy (non-hydrogen) atoms. The van der Waals surface area contributed by atoms with Gasteiger partial charge in [-0.2, -0.15) is 0 Å². The molecule has 0 saturated carbocycles. The van der Waals surface area contributed by atoms with Crippen LogP contribution in [0.25, 0.3) is 0 Å². The summed E-state index contributed by atoms with van der Waals surface area (Å²) in [6.45, 7) is 4.44. The number of amides is 1. The Kier molecular flexibility index (Phi) is 3.49. The molecule has 1 fully saturated rings. The first-order valence-corrected chi connectivity index (χ1v) is 4.42. The molecular formula is C8H16N2O2. The van der Waals surface area contributed by atoms with Crippen molar-refractivity contribution in [2.45, 2.75) is 19.4 Å². The van der Waals surface area contributed by atoms with E-state index >= 15 is 0 Å². The summed E-state index contributed by atoms with van der Waals surface area (Å²) < 4.78 is 0. The Hall–Kier alpha value is -0.610. The number of piperazine rings is 1. The van der Waals surface area contributed by atoms with Gasteiger partial charge in [-0.15, -0.1) is 0 Å². The lowest BCUT2D eigenvalue weighted by Crippen LogP contribution is -2.56. The van der Waals surface area contributed by atoms with Gasteiger partial charge in [-0.25, -0.2) is 0 Å². The predicted octanol–water partition coefficient (Wildman–Crippen LogP) is -0.811. The predicted molar refractivity (Wildman–Crippen MR) is 45.7 cm³/mol. The fourth-order valence-electron chi connectivity index (χ4n) is 1.52. The van der Waals surface area contributed by atoms with Crippen molar-refractivity contribution in [3.8, 4) is 0 Å². The molecule has 1 saturated heterocycles.